The van der Waals surface area contributed by atoms with Crippen molar-refractivity contribution >= 4 is 22.9 Å². The number of carbonyl (C=O) groups is 1. The molecule has 3 rings (SSSR count). The molecule has 0 atom stereocenters. The predicted molar refractivity (Wildman–Crippen MR) is 102 cm³/mol. The molecule has 3 aromatic rings. The molecule has 1 amide bonds. The van der Waals surface area contributed by atoms with Gasteiger partial charge in [-0.25, -0.2) is 0 Å². The second-order valence-corrected chi connectivity index (χ2v) is 5.90. The van der Waals surface area contributed by atoms with Crippen LogP contribution < -0.4 is 10.1 Å². The number of hydrogen-bond donors (Lipinski definition) is 1. The zero-order chi connectivity index (χ0) is 17.6. The Morgan fingerprint density at radius 3 is 2.84 bits per heavy atom. The molecule has 25 heavy (non-hydrogen) atoms. The first-order chi connectivity index (χ1) is 12.2. The minimum absolute atomic E-state index is 0.100. The number of aromatic nitrogens is 1. The summed E-state index contributed by atoms with van der Waals surface area (Å²) in [5.41, 5.74) is 3.32. The number of amides is 1. The van der Waals surface area contributed by atoms with Gasteiger partial charge in [0.05, 0.1) is 7.11 Å². The van der Waals surface area contributed by atoms with Gasteiger partial charge in [0.15, 0.2) is 0 Å². The molecule has 0 spiro atoms. The number of nitrogens with one attached hydrogen (secondary N) is 1. The Labute approximate surface area is 147 Å². The zero-order valence-electron chi connectivity index (χ0n) is 14.5. The first kappa shape index (κ1) is 16.8. The number of carbonyl (C=O) groups excluding carboxylic acids is 1. The topological polar surface area (TPSA) is 43.3 Å². The predicted octanol–water partition coefficient (Wildman–Crippen LogP) is 3.79. The van der Waals surface area contributed by atoms with E-state index in [4.69, 9.17) is 4.74 Å². The highest BCUT2D eigenvalue weighted by atomic mass is 16.5. The molecular weight excluding hydrogens is 312 g/mol. The lowest BCUT2D eigenvalue weighted by molar-refractivity contribution is -0.116. The molecule has 128 valence electrons. The largest absolute Gasteiger partial charge is 0.497 e. The molecule has 0 unspecified atom stereocenters. The Morgan fingerprint density at radius 2 is 2.00 bits per heavy atom. The molecule has 0 aliphatic rings. The minimum Gasteiger partial charge on any atom is -0.497 e. The average molecular weight is 334 g/mol. The maximum atomic E-state index is 12.0. The Morgan fingerprint density at radius 1 is 1.16 bits per heavy atom. The van der Waals surface area contributed by atoms with Crippen molar-refractivity contribution in [2.75, 3.05) is 13.7 Å². The summed E-state index contributed by atoms with van der Waals surface area (Å²) in [6.07, 6.45) is 3.34. The van der Waals surface area contributed by atoms with E-state index < -0.39 is 0 Å². The Bertz CT molecular complexity index is 909. The smallest absolute Gasteiger partial charge is 0.244 e. The van der Waals surface area contributed by atoms with Gasteiger partial charge >= 0.3 is 0 Å². The Balaban J connectivity index is 1.57. The third-order valence-electron chi connectivity index (χ3n) is 4.17. The van der Waals surface area contributed by atoms with E-state index in [0.717, 1.165) is 17.9 Å². The Hall–Kier alpha value is -3.01. The number of ether oxygens (including phenoxy) is 1. The first-order valence-corrected chi connectivity index (χ1v) is 8.32. The summed E-state index contributed by atoms with van der Waals surface area (Å²) >= 11 is 0. The monoisotopic (exact) mass is 334 g/mol. The van der Waals surface area contributed by atoms with Gasteiger partial charge in [-0.2, -0.15) is 0 Å². The number of nitrogens with zero attached hydrogens (tertiary/aromatic N) is 1. The van der Waals surface area contributed by atoms with Gasteiger partial charge < -0.3 is 14.6 Å². The summed E-state index contributed by atoms with van der Waals surface area (Å²) < 4.78 is 7.40. The number of hydrogen-bond acceptors (Lipinski definition) is 2. The second-order valence-electron chi connectivity index (χ2n) is 5.90. The van der Waals surface area contributed by atoms with Crippen LogP contribution >= 0.6 is 0 Å². The van der Waals surface area contributed by atoms with Gasteiger partial charge in [0, 0.05) is 30.4 Å². The average Bonchev–Trinajstić information content (AvgIpc) is 2.96. The standard InChI is InChI=1S/C21H22N2O2/c1-16-14-18-7-3-4-9-20(18)23(16)13-12-22-21(24)11-10-17-6-5-8-19(15-17)25-2/h3-11,14-15H,12-13H2,1-2H3,(H,22,24)/b11-10+. The molecule has 0 aliphatic heterocycles. The fraction of sp³-hybridized carbons (Fsp3) is 0.190. The maximum absolute atomic E-state index is 12.0. The lowest BCUT2D eigenvalue weighted by Gasteiger charge is -2.08. The summed E-state index contributed by atoms with van der Waals surface area (Å²) in [6, 6.07) is 18.0. The van der Waals surface area contributed by atoms with Gasteiger partial charge in [0.25, 0.3) is 0 Å². The van der Waals surface area contributed by atoms with Crippen molar-refractivity contribution in [3.8, 4) is 5.75 Å². The van der Waals surface area contributed by atoms with Crippen LogP contribution in [0.15, 0.2) is 60.7 Å². The minimum atomic E-state index is -0.100. The van der Waals surface area contributed by atoms with Crippen molar-refractivity contribution < 1.29 is 9.53 Å². The lowest BCUT2D eigenvalue weighted by Crippen LogP contribution is -2.25. The SMILES string of the molecule is COc1cccc(/C=C/C(=O)NCCn2c(C)cc3ccccc32)c1. The van der Waals surface area contributed by atoms with E-state index in [-0.39, 0.29) is 5.91 Å². The van der Waals surface area contributed by atoms with Crippen LogP contribution in [0, 0.1) is 6.92 Å². The summed E-state index contributed by atoms with van der Waals surface area (Å²) in [7, 11) is 1.63. The number of benzene rings is 2. The molecule has 0 fully saturated rings. The quantitative estimate of drug-likeness (QED) is 0.697. The van der Waals surface area contributed by atoms with Gasteiger partial charge in [-0.1, -0.05) is 30.3 Å². The Kier molecular flexibility index (Phi) is 5.19. The van der Waals surface area contributed by atoms with Crippen molar-refractivity contribution in [2.45, 2.75) is 13.5 Å². The van der Waals surface area contributed by atoms with E-state index in [9.17, 15) is 4.79 Å². The third-order valence-corrected chi connectivity index (χ3v) is 4.17. The summed E-state index contributed by atoms with van der Waals surface area (Å²) in [5, 5.41) is 4.16. The molecule has 0 bridgehead atoms. The second kappa shape index (κ2) is 7.71. The fourth-order valence-electron chi connectivity index (χ4n) is 2.91. The highest BCUT2D eigenvalue weighted by molar-refractivity contribution is 5.91. The van der Waals surface area contributed by atoms with Crippen LogP contribution in [-0.4, -0.2) is 24.1 Å². The molecule has 1 aromatic heterocycles. The lowest BCUT2D eigenvalue weighted by atomic mass is 10.2. The summed E-state index contributed by atoms with van der Waals surface area (Å²) in [6.45, 7) is 3.42. The zero-order valence-corrected chi connectivity index (χ0v) is 14.5. The fourth-order valence-corrected chi connectivity index (χ4v) is 2.91. The van der Waals surface area contributed by atoms with Gasteiger partial charge in [-0.05, 0) is 48.2 Å². The van der Waals surface area contributed by atoms with Crippen molar-refractivity contribution in [1.82, 2.24) is 9.88 Å². The van der Waals surface area contributed by atoms with Crippen molar-refractivity contribution in [2.24, 2.45) is 0 Å². The molecular formula is C21H22N2O2. The molecule has 0 radical (unpaired) electrons. The van der Waals surface area contributed by atoms with Crippen LogP contribution in [0.5, 0.6) is 5.75 Å². The molecule has 1 heterocycles. The van der Waals surface area contributed by atoms with Crippen molar-refractivity contribution in [3.05, 3.63) is 71.9 Å². The van der Waals surface area contributed by atoms with Crippen molar-refractivity contribution in [3.63, 3.8) is 0 Å². The number of methoxy groups -OCH3 is 1. The van der Waals surface area contributed by atoms with E-state index in [1.165, 1.54) is 16.6 Å². The summed E-state index contributed by atoms with van der Waals surface area (Å²) in [5.74, 6) is 0.675. The van der Waals surface area contributed by atoms with Crippen LogP contribution in [-0.2, 0) is 11.3 Å². The van der Waals surface area contributed by atoms with Gasteiger partial charge in [0.1, 0.15) is 5.75 Å². The number of rotatable bonds is 6. The number of fused-ring (bicyclic) bond motifs is 1. The van der Waals surface area contributed by atoms with Crippen LogP contribution in [0.25, 0.3) is 17.0 Å². The number of para-hydroxylation sites is 1. The molecule has 4 heteroatoms. The number of aryl methyl sites for hydroxylation is 1. The molecule has 2 aromatic carbocycles. The highest BCUT2D eigenvalue weighted by Crippen LogP contribution is 2.18. The van der Waals surface area contributed by atoms with E-state index in [0.29, 0.717) is 6.54 Å². The maximum Gasteiger partial charge on any atom is 0.244 e. The normalized spacial score (nSPS) is 11.1. The van der Waals surface area contributed by atoms with Crippen LogP contribution in [0.1, 0.15) is 11.3 Å². The van der Waals surface area contributed by atoms with Crippen LogP contribution in [0.2, 0.25) is 0 Å². The molecule has 0 saturated heterocycles. The molecule has 0 aliphatic carbocycles. The van der Waals surface area contributed by atoms with E-state index in [1.807, 2.05) is 36.4 Å². The molecule has 1 N–H and O–H groups in total. The van der Waals surface area contributed by atoms with Crippen LogP contribution in [0.3, 0.4) is 0 Å². The highest BCUT2D eigenvalue weighted by Gasteiger charge is 2.04. The molecule has 4 nitrogen and oxygen atoms in total. The molecule has 0 saturated carbocycles. The van der Waals surface area contributed by atoms with Gasteiger partial charge in [-0.15, -0.1) is 0 Å². The van der Waals surface area contributed by atoms with E-state index >= 15 is 0 Å². The van der Waals surface area contributed by atoms with Gasteiger partial charge in [0.2, 0.25) is 5.91 Å². The first-order valence-electron chi connectivity index (χ1n) is 8.32. The summed E-state index contributed by atoms with van der Waals surface area (Å²) in [4.78, 5) is 12.0. The third kappa shape index (κ3) is 4.10. The van der Waals surface area contributed by atoms with E-state index in [1.54, 1.807) is 19.3 Å². The van der Waals surface area contributed by atoms with Crippen molar-refractivity contribution in [1.29, 1.82) is 0 Å². The van der Waals surface area contributed by atoms with Crippen LogP contribution in [0.4, 0.5) is 0 Å². The van der Waals surface area contributed by atoms with E-state index in [2.05, 4.69) is 35.0 Å². The van der Waals surface area contributed by atoms with Gasteiger partial charge in [-0.3, -0.25) is 4.79 Å².